The Kier molecular flexibility index (Phi) is 5.99. The quantitative estimate of drug-likeness (QED) is 0.688. The molecule has 8 heteroatoms. The number of amides is 1. The van der Waals surface area contributed by atoms with Gasteiger partial charge in [0, 0.05) is 13.1 Å². The zero-order valence-electron chi connectivity index (χ0n) is 15.4. The number of para-hydroxylation sites is 1. The molecule has 0 unspecified atom stereocenters. The summed E-state index contributed by atoms with van der Waals surface area (Å²) < 4.78 is 33.8. The number of likely N-dealkylation sites (N-methyl/N-ethyl adjacent to an activating group) is 1. The third kappa shape index (κ3) is 5.10. The lowest BCUT2D eigenvalue weighted by Gasteiger charge is -2.23. The van der Waals surface area contributed by atoms with Crippen LogP contribution in [0.15, 0.2) is 54.6 Å². The van der Waals surface area contributed by atoms with E-state index in [1.54, 1.807) is 24.3 Å². The van der Waals surface area contributed by atoms with Crippen LogP contribution in [0.3, 0.4) is 0 Å². The summed E-state index contributed by atoms with van der Waals surface area (Å²) in [6.45, 7) is -0.436. The molecule has 0 radical (unpaired) electrons. The van der Waals surface area contributed by atoms with Crippen LogP contribution in [0.5, 0.6) is 11.5 Å². The summed E-state index contributed by atoms with van der Waals surface area (Å²) >= 11 is 0. The fourth-order valence-corrected chi connectivity index (χ4v) is 4.65. The highest BCUT2D eigenvalue weighted by atomic mass is 32.2. The van der Waals surface area contributed by atoms with Crippen LogP contribution < -0.4 is 4.74 Å². The van der Waals surface area contributed by atoms with Crippen molar-refractivity contribution in [3.8, 4) is 11.5 Å². The summed E-state index contributed by atoms with van der Waals surface area (Å²) in [5.41, 5.74) is 0.291. The van der Waals surface area contributed by atoms with Crippen molar-refractivity contribution < 1.29 is 27.5 Å². The van der Waals surface area contributed by atoms with Crippen LogP contribution in [0.2, 0.25) is 0 Å². The molecule has 7 nitrogen and oxygen atoms in total. The Balaban J connectivity index is 1.51. The molecule has 28 heavy (non-hydrogen) atoms. The summed E-state index contributed by atoms with van der Waals surface area (Å²) in [6.07, 6.45) is 0.404. The first-order valence-electron chi connectivity index (χ1n) is 8.80. The monoisotopic (exact) mass is 403 g/mol. The number of rotatable bonds is 6. The molecule has 0 saturated carbocycles. The topological polar surface area (TPSA) is 90.0 Å². The Morgan fingerprint density at radius 1 is 1.04 bits per heavy atom. The van der Waals surface area contributed by atoms with Crippen LogP contribution in [-0.4, -0.2) is 56.4 Å². The van der Waals surface area contributed by atoms with Gasteiger partial charge in [-0.1, -0.05) is 18.2 Å². The van der Waals surface area contributed by atoms with E-state index < -0.39 is 28.3 Å². The highest BCUT2D eigenvalue weighted by molar-refractivity contribution is 7.91. The van der Waals surface area contributed by atoms with Crippen molar-refractivity contribution in [3.63, 3.8) is 0 Å². The molecule has 1 heterocycles. The molecule has 1 atom stereocenters. The largest absolute Gasteiger partial charge is 0.457 e. The number of hydrogen-bond acceptors (Lipinski definition) is 6. The Morgan fingerprint density at radius 3 is 2.29 bits per heavy atom. The first-order chi connectivity index (χ1) is 13.3. The maximum atomic E-state index is 12.2. The number of nitrogens with zero attached hydrogens (tertiary/aromatic N) is 1. The highest BCUT2D eigenvalue weighted by Gasteiger charge is 2.32. The third-order valence-electron chi connectivity index (χ3n) is 4.55. The first-order valence-corrected chi connectivity index (χ1v) is 10.6. The molecule has 1 amide bonds. The van der Waals surface area contributed by atoms with E-state index >= 15 is 0 Å². The number of benzene rings is 2. The third-order valence-corrected chi connectivity index (χ3v) is 6.30. The first kappa shape index (κ1) is 19.9. The molecule has 0 aromatic heterocycles. The van der Waals surface area contributed by atoms with Gasteiger partial charge in [0.1, 0.15) is 11.5 Å². The number of sulfone groups is 1. The lowest BCUT2D eigenvalue weighted by Crippen LogP contribution is -2.40. The smallest absolute Gasteiger partial charge is 0.338 e. The number of carbonyl (C=O) groups is 2. The molecule has 148 valence electrons. The molecule has 0 spiro atoms. The van der Waals surface area contributed by atoms with E-state index in [9.17, 15) is 18.0 Å². The molecule has 2 aromatic rings. The van der Waals surface area contributed by atoms with Gasteiger partial charge in [-0.25, -0.2) is 13.2 Å². The second kappa shape index (κ2) is 8.43. The number of hydrogen-bond donors (Lipinski definition) is 0. The summed E-state index contributed by atoms with van der Waals surface area (Å²) in [5.74, 6) is 0.214. The van der Waals surface area contributed by atoms with Crippen LogP contribution >= 0.6 is 0 Å². The second-order valence-corrected chi connectivity index (χ2v) is 8.81. The van der Waals surface area contributed by atoms with Gasteiger partial charge in [-0.3, -0.25) is 4.79 Å². The molecular weight excluding hydrogens is 382 g/mol. The average molecular weight is 403 g/mol. The Labute approximate surface area is 163 Å². The Bertz CT molecular complexity index is 940. The summed E-state index contributed by atoms with van der Waals surface area (Å²) in [4.78, 5) is 25.6. The van der Waals surface area contributed by atoms with Crippen molar-refractivity contribution in [3.05, 3.63) is 60.2 Å². The second-order valence-electron chi connectivity index (χ2n) is 6.58. The van der Waals surface area contributed by atoms with Crippen LogP contribution in [0.25, 0.3) is 0 Å². The SMILES string of the molecule is CN(C(=O)COC(=O)c1ccc(Oc2ccccc2)cc1)[C@H]1CCS(=O)(=O)C1. The van der Waals surface area contributed by atoms with E-state index in [-0.39, 0.29) is 17.5 Å². The van der Waals surface area contributed by atoms with Crippen molar-refractivity contribution in [1.82, 2.24) is 4.90 Å². The minimum absolute atomic E-state index is 0.0495. The van der Waals surface area contributed by atoms with E-state index in [0.717, 1.165) is 0 Å². The molecule has 3 rings (SSSR count). The maximum absolute atomic E-state index is 12.2. The summed E-state index contributed by atoms with van der Waals surface area (Å²) in [6, 6.07) is 15.3. The Hall–Kier alpha value is -2.87. The normalized spacial score (nSPS) is 17.7. The number of ether oxygens (including phenoxy) is 2. The lowest BCUT2D eigenvalue weighted by atomic mass is 10.2. The minimum Gasteiger partial charge on any atom is -0.457 e. The van der Waals surface area contributed by atoms with Crippen molar-refractivity contribution in [1.29, 1.82) is 0 Å². The minimum atomic E-state index is -3.09. The molecule has 1 aliphatic rings. The standard InChI is InChI=1S/C20H21NO6S/c1-21(16-11-12-28(24,25)14-16)19(22)13-26-20(23)15-7-9-18(10-8-15)27-17-5-3-2-4-6-17/h2-10,16H,11-14H2,1H3/t16-/m0/s1. The van der Waals surface area contributed by atoms with Crippen molar-refractivity contribution in [2.45, 2.75) is 12.5 Å². The fraction of sp³-hybridized carbons (Fsp3) is 0.300. The zero-order chi connectivity index (χ0) is 20.1. The van der Waals surface area contributed by atoms with Crippen molar-refractivity contribution >= 4 is 21.7 Å². The van der Waals surface area contributed by atoms with E-state index in [4.69, 9.17) is 9.47 Å². The molecule has 1 fully saturated rings. The lowest BCUT2D eigenvalue weighted by molar-refractivity contribution is -0.134. The predicted molar refractivity (Wildman–Crippen MR) is 103 cm³/mol. The highest BCUT2D eigenvalue weighted by Crippen LogP contribution is 2.21. The van der Waals surface area contributed by atoms with Gasteiger partial charge in [0.15, 0.2) is 16.4 Å². The average Bonchev–Trinajstić information content (AvgIpc) is 3.06. The zero-order valence-corrected chi connectivity index (χ0v) is 16.2. The van der Waals surface area contributed by atoms with Gasteiger partial charge >= 0.3 is 5.97 Å². The molecule has 0 N–H and O–H groups in total. The van der Waals surface area contributed by atoms with Crippen LogP contribution in [0.4, 0.5) is 0 Å². The van der Waals surface area contributed by atoms with E-state index in [0.29, 0.717) is 23.5 Å². The Morgan fingerprint density at radius 2 is 1.68 bits per heavy atom. The van der Waals surface area contributed by atoms with Gasteiger partial charge in [-0.05, 0) is 42.8 Å². The van der Waals surface area contributed by atoms with Gasteiger partial charge in [-0.15, -0.1) is 0 Å². The van der Waals surface area contributed by atoms with Gasteiger partial charge in [0.25, 0.3) is 5.91 Å². The molecule has 1 saturated heterocycles. The van der Waals surface area contributed by atoms with Crippen molar-refractivity contribution in [2.75, 3.05) is 25.2 Å². The predicted octanol–water partition coefficient (Wildman–Crippen LogP) is 2.28. The van der Waals surface area contributed by atoms with Gasteiger partial charge in [0.2, 0.25) is 0 Å². The molecule has 2 aromatic carbocycles. The van der Waals surface area contributed by atoms with Crippen LogP contribution in [0, 0.1) is 0 Å². The number of esters is 1. The van der Waals surface area contributed by atoms with Gasteiger partial charge in [-0.2, -0.15) is 0 Å². The van der Waals surface area contributed by atoms with Crippen LogP contribution in [-0.2, 0) is 19.4 Å². The fourth-order valence-electron chi connectivity index (χ4n) is 2.88. The van der Waals surface area contributed by atoms with Gasteiger partial charge < -0.3 is 14.4 Å². The molecule has 0 bridgehead atoms. The molecule has 1 aliphatic heterocycles. The van der Waals surface area contributed by atoms with E-state index in [2.05, 4.69) is 0 Å². The van der Waals surface area contributed by atoms with E-state index in [1.807, 2.05) is 30.3 Å². The summed E-state index contributed by atoms with van der Waals surface area (Å²) in [5, 5.41) is 0. The van der Waals surface area contributed by atoms with Crippen LogP contribution in [0.1, 0.15) is 16.8 Å². The maximum Gasteiger partial charge on any atom is 0.338 e. The number of carbonyl (C=O) groups excluding carboxylic acids is 2. The van der Waals surface area contributed by atoms with Gasteiger partial charge in [0.05, 0.1) is 17.1 Å². The molecule has 0 aliphatic carbocycles. The van der Waals surface area contributed by atoms with Crippen molar-refractivity contribution in [2.24, 2.45) is 0 Å². The molecular formula is C20H21NO6S. The summed E-state index contributed by atoms with van der Waals surface area (Å²) in [7, 11) is -1.56. The van der Waals surface area contributed by atoms with E-state index in [1.165, 1.54) is 11.9 Å².